The summed E-state index contributed by atoms with van der Waals surface area (Å²) < 4.78 is 5.56. The Morgan fingerprint density at radius 3 is 2.65 bits per heavy atom. The van der Waals surface area contributed by atoms with E-state index in [-0.39, 0.29) is 18.3 Å². The van der Waals surface area contributed by atoms with Gasteiger partial charge in [0.25, 0.3) is 5.91 Å². The van der Waals surface area contributed by atoms with Gasteiger partial charge in [-0.2, -0.15) is 0 Å². The van der Waals surface area contributed by atoms with Crippen LogP contribution in [0.15, 0.2) is 48.5 Å². The molecule has 0 unspecified atom stereocenters. The highest BCUT2D eigenvalue weighted by molar-refractivity contribution is 6.04. The van der Waals surface area contributed by atoms with Crippen molar-refractivity contribution in [3.8, 4) is 5.75 Å². The minimum absolute atomic E-state index is 0. The topological polar surface area (TPSA) is 50.4 Å². The third kappa shape index (κ3) is 5.93. The molecule has 2 aromatic carbocycles. The van der Waals surface area contributed by atoms with Crippen LogP contribution in [0, 0.1) is 0 Å². The number of nitrogens with one attached hydrogen (secondary N) is 2. The highest BCUT2D eigenvalue weighted by Gasteiger charge is 2.07. The molecule has 2 aromatic rings. The first-order valence-corrected chi connectivity index (χ1v) is 7.50. The van der Waals surface area contributed by atoms with E-state index in [0.717, 1.165) is 30.0 Å². The molecule has 5 heteroatoms. The van der Waals surface area contributed by atoms with Crippen LogP contribution in [-0.4, -0.2) is 19.6 Å². The van der Waals surface area contributed by atoms with Crippen LogP contribution in [0.25, 0.3) is 0 Å². The van der Waals surface area contributed by atoms with Crippen LogP contribution in [-0.2, 0) is 6.54 Å². The average molecular weight is 335 g/mol. The molecule has 0 heterocycles. The van der Waals surface area contributed by atoms with Crippen molar-refractivity contribution in [2.24, 2.45) is 0 Å². The van der Waals surface area contributed by atoms with E-state index in [2.05, 4.69) is 17.6 Å². The Morgan fingerprint density at radius 1 is 1.13 bits per heavy atom. The molecule has 0 fully saturated rings. The van der Waals surface area contributed by atoms with Crippen LogP contribution in [0.5, 0.6) is 5.75 Å². The Hall–Kier alpha value is -2.04. The SMILES string of the molecule is CCCOc1cccc(C(=O)Nc2cccc(CNC)c2)c1.Cl. The number of halogens is 1. The van der Waals surface area contributed by atoms with Gasteiger partial charge in [-0.05, 0) is 49.4 Å². The van der Waals surface area contributed by atoms with Gasteiger partial charge in [0.05, 0.1) is 6.61 Å². The lowest BCUT2D eigenvalue weighted by Crippen LogP contribution is -2.13. The zero-order valence-corrected chi connectivity index (χ0v) is 14.3. The molecular weight excluding hydrogens is 312 g/mol. The maximum absolute atomic E-state index is 12.3. The predicted octanol–water partition coefficient (Wildman–Crippen LogP) is 3.87. The molecule has 0 aliphatic carbocycles. The molecule has 2 rings (SSSR count). The Balaban J connectivity index is 0.00000264. The van der Waals surface area contributed by atoms with Gasteiger partial charge < -0.3 is 15.4 Å². The number of anilines is 1. The Labute approximate surface area is 143 Å². The molecule has 0 atom stereocenters. The summed E-state index contributed by atoms with van der Waals surface area (Å²) >= 11 is 0. The Bertz CT molecular complexity index is 632. The standard InChI is InChI=1S/C18H22N2O2.ClH/c1-3-10-22-17-9-5-7-15(12-17)18(21)20-16-8-4-6-14(11-16)13-19-2;/h4-9,11-12,19H,3,10,13H2,1-2H3,(H,20,21);1H. The molecule has 0 radical (unpaired) electrons. The number of benzene rings is 2. The summed E-state index contributed by atoms with van der Waals surface area (Å²) in [5.41, 5.74) is 2.51. The molecule has 1 amide bonds. The van der Waals surface area contributed by atoms with Gasteiger partial charge in [0.2, 0.25) is 0 Å². The molecule has 0 bridgehead atoms. The quantitative estimate of drug-likeness (QED) is 0.808. The fourth-order valence-electron chi connectivity index (χ4n) is 2.11. The van der Waals surface area contributed by atoms with Gasteiger partial charge in [0, 0.05) is 17.8 Å². The Morgan fingerprint density at radius 2 is 1.91 bits per heavy atom. The number of hydrogen-bond acceptors (Lipinski definition) is 3. The second-order valence-electron chi connectivity index (χ2n) is 5.06. The maximum Gasteiger partial charge on any atom is 0.255 e. The van der Waals surface area contributed by atoms with Crippen molar-refractivity contribution in [2.75, 3.05) is 19.0 Å². The van der Waals surface area contributed by atoms with Gasteiger partial charge in [-0.15, -0.1) is 12.4 Å². The molecule has 2 N–H and O–H groups in total. The smallest absolute Gasteiger partial charge is 0.255 e. The fraction of sp³-hybridized carbons (Fsp3) is 0.278. The maximum atomic E-state index is 12.3. The average Bonchev–Trinajstić information content (AvgIpc) is 2.54. The van der Waals surface area contributed by atoms with Crippen LogP contribution >= 0.6 is 12.4 Å². The normalized spacial score (nSPS) is 9.83. The van der Waals surface area contributed by atoms with E-state index in [9.17, 15) is 4.79 Å². The van der Waals surface area contributed by atoms with E-state index >= 15 is 0 Å². The molecular formula is C18H23ClN2O2. The van der Waals surface area contributed by atoms with Gasteiger partial charge in [-0.25, -0.2) is 0 Å². The minimum Gasteiger partial charge on any atom is -0.494 e. The van der Waals surface area contributed by atoms with Crippen molar-refractivity contribution < 1.29 is 9.53 Å². The fourth-order valence-corrected chi connectivity index (χ4v) is 2.11. The van der Waals surface area contributed by atoms with E-state index in [4.69, 9.17) is 4.74 Å². The largest absolute Gasteiger partial charge is 0.494 e. The van der Waals surface area contributed by atoms with Gasteiger partial charge in [-0.3, -0.25) is 4.79 Å². The first-order valence-electron chi connectivity index (χ1n) is 7.50. The van der Waals surface area contributed by atoms with Gasteiger partial charge in [-0.1, -0.05) is 25.1 Å². The van der Waals surface area contributed by atoms with Crippen LogP contribution in [0.3, 0.4) is 0 Å². The molecule has 0 aliphatic rings. The van der Waals surface area contributed by atoms with E-state index in [1.807, 2.05) is 43.4 Å². The number of hydrogen-bond donors (Lipinski definition) is 2. The van der Waals surface area contributed by atoms with Crippen molar-refractivity contribution in [3.63, 3.8) is 0 Å². The first-order chi connectivity index (χ1) is 10.7. The van der Waals surface area contributed by atoms with E-state index < -0.39 is 0 Å². The third-order valence-electron chi connectivity index (χ3n) is 3.13. The highest BCUT2D eigenvalue weighted by Crippen LogP contribution is 2.16. The number of amides is 1. The summed E-state index contributed by atoms with van der Waals surface area (Å²) in [6.07, 6.45) is 0.939. The van der Waals surface area contributed by atoms with E-state index in [1.165, 1.54) is 0 Å². The van der Waals surface area contributed by atoms with Crippen LogP contribution in [0.1, 0.15) is 29.3 Å². The summed E-state index contributed by atoms with van der Waals surface area (Å²) in [6, 6.07) is 15.0. The molecule has 23 heavy (non-hydrogen) atoms. The molecule has 4 nitrogen and oxygen atoms in total. The molecule has 0 saturated carbocycles. The van der Waals surface area contributed by atoms with Gasteiger partial charge in [0.15, 0.2) is 0 Å². The molecule has 0 aromatic heterocycles. The lowest BCUT2D eigenvalue weighted by Gasteiger charge is -2.09. The van der Waals surface area contributed by atoms with Gasteiger partial charge in [0.1, 0.15) is 5.75 Å². The summed E-state index contributed by atoms with van der Waals surface area (Å²) in [4.78, 5) is 12.3. The second-order valence-corrected chi connectivity index (χ2v) is 5.06. The lowest BCUT2D eigenvalue weighted by molar-refractivity contribution is 0.102. The summed E-state index contributed by atoms with van der Waals surface area (Å²) in [7, 11) is 1.90. The highest BCUT2D eigenvalue weighted by atomic mass is 35.5. The zero-order valence-electron chi connectivity index (χ0n) is 13.5. The Kier molecular flexibility index (Phi) is 8.16. The van der Waals surface area contributed by atoms with Crippen LogP contribution < -0.4 is 15.4 Å². The molecule has 0 spiro atoms. The summed E-state index contributed by atoms with van der Waals surface area (Å²) in [5, 5.41) is 6.01. The summed E-state index contributed by atoms with van der Waals surface area (Å²) in [6.45, 7) is 3.47. The molecule has 0 saturated heterocycles. The van der Waals surface area contributed by atoms with Crippen molar-refractivity contribution >= 4 is 24.0 Å². The van der Waals surface area contributed by atoms with Crippen LogP contribution in [0.4, 0.5) is 5.69 Å². The minimum atomic E-state index is -0.136. The van der Waals surface area contributed by atoms with Crippen molar-refractivity contribution in [1.82, 2.24) is 5.32 Å². The third-order valence-corrected chi connectivity index (χ3v) is 3.13. The predicted molar refractivity (Wildman–Crippen MR) is 96.6 cm³/mol. The van der Waals surface area contributed by atoms with Crippen molar-refractivity contribution in [1.29, 1.82) is 0 Å². The zero-order chi connectivity index (χ0) is 15.8. The van der Waals surface area contributed by atoms with Crippen molar-refractivity contribution in [3.05, 3.63) is 59.7 Å². The first kappa shape index (κ1) is 19.0. The number of carbonyl (C=O) groups is 1. The van der Waals surface area contributed by atoms with E-state index in [1.54, 1.807) is 12.1 Å². The van der Waals surface area contributed by atoms with Crippen LogP contribution in [0.2, 0.25) is 0 Å². The van der Waals surface area contributed by atoms with E-state index in [0.29, 0.717) is 12.2 Å². The molecule has 0 aliphatic heterocycles. The number of carbonyl (C=O) groups excluding carboxylic acids is 1. The summed E-state index contributed by atoms with van der Waals surface area (Å²) in [5.74, 6) is 0.585. The number of ether oxygens (including phenoxy) is 1. The molecule has 124 valence electrons. The number of rotatable bonds is 7. The second kappa shape index (κ2) is 9.87. The van der Waals surface area contributed by atoms with Crippen molar-refractivity contribution in [2.45, 2.75) is 19.9 Å². The lowest BCUT2D eigenvalue weighted by atomic mass is 10.1. The monoisotopic (exact) mass is 334 g/mol. The van der Waals surface area contributed by atoms with Gasteiger partial charge >= 0.3 is 0 Å².